The van der Waals surface area contributed by atoms with Gasteiger partial charge in [0.1, 0.15) is 0 Å². The smallest absolute Gasteiger partial charge is 0.190 e. The van der Waals surface area contributed by atoms with Crippen molar-refractivity contribution in [2.24, 2.45) is 4.99 Å². The molecule has 5 heteroatoms. The number of nitrogens with zero attached hydrogens (tertiary/aromatic N) is 1. The molecule has 1 aromatic rings. The van der Waals surface area contributed by atoms with Crippen molar-refractivity contribution in [3.8, 4) is 0 Å². The highest BCUT2D eigenvalue weighted by molar-refractivity contribution is 14.0. The number of nitrogens with one attached hydrogen (secondary N) is 2. The van der Waals surface area contributed by atoms with Gasteiger partial charge in [-0.25, -0.2) is 0 Å². The number of rotatable bonds is 9. The normalized spacial score (nSPS) is 11.8. The molecule has 0 aliphatic heterocycles. The average molecular weight is 461 g/mol. The minimum absolute atomic E-state index is 0. The Hall–Kier alpha value is -0.820. The predicted octanol–water partition coefficient (Wildman–Crippen LogP) is 4.13. The molecule has 0 spiro atoms. The molecule has 1 rings (SSSR count). The zero-order valence-electron chi connectivity index (χ0n) is 16.5. The largest absolute Gasteiger partial charge is 0.385 e. The highest BCUT2D eigenvalue weighted by Gasteiger charge is 2.12. The third kappa shape index (κ3) is 10.7. The standard InChI is InChI=1S/C20H35N3O.HI/c1-20(2,3)18-11-9-17(10-12-18)13-15-23-19(21-4)22-14-7-6-8-16-24-5;/h9-12H,6-8,13-16H2,1-5H3,(H2,21,22,23);1H. The van der Waals surface area contributed by atoms with Crippen molar-refractivity contribution < 1.29 is 4.74 Å². The van der Waals surface area contributed by atoms with Crippen LogP contribution in [0.3, 0.4) is 0 Å². The van der Waals surface area contributed by atoms with Gasteiger partial charge < -0.3 is 15.4 Å². The molecule has 0 aliphatic carbocycles. The van der Waals surface area contributed by atoms with E-state index in [4.69, 9.17) is 4.74 Å². The molecule has 0 amide bonds. The molecule has 1 aromatic carbocycles. The van der Waals surface area contributed by atoms with Crippen LogP contribution in [0.4, 0.5) is 0 Å². The van der Waals surface area contributed by atoms with Gasteiger partial charge in [0.15, 0.2) is 5.96 Å². The van der Waals surface area contributed by atoms with Gasteiger partial charge in [-0.2, -0.15) is 0 Å². The van der Waals surface area contributed by atoms with Crippen molar-refractivity contribution in [2.45, 2.75) is 51.9 Å². The zero-order valence-corrected chi connectivity index (χ0v) is 18.9. The fourth-order valence-electron chi connectivity index (χ4n) is 2.47. The second-order valence-electron chi connectivity index (χ2n) is 7.18. The summed E-state index contributed by atoms with van der Waals surface area (Å²) in [5.41, 5.74) is 2.95. The Morgan fingerprint density at radius 3 is 2.20 bits per heavy atom. The molecule has 0 saturated heterocycles. The molecule has 0 atom stereocenters. The highest BCUT2D eigenvalue weighted by Crippen LogP contribution is 2.22. The van der Waals surface area contributed by atoms with Gasteiger partial charge in [-0.15, -0.1) is 24.0 Å². The van der Waals surface area contributed by atoms with E-state index in [9.17, 15) is 0 Å². The second kappa shape index (κ2) is 13.4. The number of halogens is 1. The fraction of sp³-hybridized carbons (Fsp3) is 0.650. The summed E-state index contributed by atoms with van der Waals surface area (Å²) in [6.07, 6.45) is 4.43. The van der Waals surface area contributed by atoms with Gasteiger partial charge in [0, 0.05) is 33.9 Å². The van der Waals surface area contributed by atoms with E-state index >= 15 is 0 Å². The van der Waals surface area contributed by atoms with Gasteiger partial charge in [0.2, 0.25) is 0 Å². The summed E-state index contributed by atoms with van der Waals surface area (Å²) >= 11 is 0. The van der Waals surface area contributed by atoms with Crippen LogP contribution in [-0.2, 0) is 16.6 Å². The minimum atomic E-state index is 0. The van der Waals surface area contributed by atoms with Crippen LogP contribution in [0.25, 0.3) is 0 Å². The van der Waals surface area contributed by atoms with Crippen molar-refractivity contribution in [2.75, 3.05) is 33.9 Å². The maximum absolute atomic E-state index is 5.06. The van der Waals surface area contributed by atoms with E-state index in [0.29, 0.717) is 0 Å². The van der Waals surface area contributed by atoms with Crippen LogP contribution in [0.15, 0.2) is 29.3 Å². The lowest BCUT2D eigenvalue weighted by molar-refractivity contribution is 0.192. The minimum Gasteiger partial charge on any atom is -0.385 e. The number of methoxy groups -OCH3 is 1. The molecule has 0 fully saturated rings. The predicted molar refractivity (Wildman–Crippen MR) is 119 cm³/mol. The molecule has 0 radical (unpaired) electrons. The Balaban J connectivity index is 0.00000576. The maximum atomic E-state index is 5.06. The molecule has 144 valence electrons. The lowest BCUT2D eigenvalue weighted by Crippen LogP contribution is -2.38. The van der Waals surface area contributed by atoms with Crippen LogP contribution < -0.4 is 10.6 Å². The van der Waals surface area contributed by atoms with Gasteiger partial charge in [-0.3, -0.25) is 4.99 Å². The lowest BCUT2D eigenvalue weighted by Gasteiger charge is -2.19. The molecule has 4 nitrogen and oxygen atoms in total. The second-order valence-corrected chi connectivity index (χ2v) is 7.18. The van der Waals surface area contributed by atoms with E-state index in [1.807, 2.05) is 7.05 Å². The first-order valence-corrected chi connectivity index (χ1v) is 9.00. The number of ether oxygens (including phenoxy) is 1. The van der Waals surface area contributed by atoms with E-state index in [2.05, 4.69) is 60.7 Å². The van der Waals surface area contributed by atoms with Crippen molar-refractivity contribution >= 4 is 29.9 Å². The van der Waals surface area contributed by atoms with Gasteiger partial charge >= 0.3 is 0 Å². The monoisotopic (exact) mass is 461 g/mol. The van der Waals surface area contributed by atoms with Gasteiger partial charge in [0.05, 0.1) is 0 Å². The van der Waals surface area contributed by atoms with Crippen LogP contribution in [0.2, 0.25) is 0 Å². The third-order valence-electron chi connectivity index (χ3n) is 4.07. The summed E-state index contributed by atoms with van der Waals surface area (Å²) in [4.78, 5) is 4.27. The van der Waals surface area contributed by atoms with E-state index in [1.54, 1.807) is 7.11 Å². The van der Waals surface area contributed by atoms with Crippen LogP contribution in [0.5, 0.6) is 0 Å². The summed E-state index contributed by atoms with van der Waals surface area (Å²) in [5, 5.41) is 6.74. The van der Waals surface area contributed by atoms with Crippen molar-refractivity contribution in [1.29, 1.82) is 0 Å². The fourth-order valence-corrected chi connectivity index (χ4v) is 2.47. The lowest BCUT2D eigenvalue weighted by atomic mass is 9.86. The first kappa shape index (κ1) is 24.2. The number of benzene rings is 1. The average Bonchev–Trinajstić information content (AvgIpc) is 2.56. The topological polar surface area (TPSA) is 45.7 Å². The molecular formula is C20H36IN3O. The molecule has 25 heavy (non-hydrogen) atoms. The Kier molecular flexibility index (Phi) is 13.0. The highest BCUT2D eigenvalue weighted by atomic mass is 127. The summed E-state index contributed by atoms with van der Waals surface area (Å²) in [5.74, 6) is 0.882. The van der Waals surface area contributed by atoms with Crippen LogP contribution >= 0.6 is 24.0 Å². The molecule has 0 aromatic heterocycles. The third-order valence-corrected chi connectivity index (χ3v) is 4.07. The maximum Gasteiger partial charge on any atom is 0.190 e. The summed E-state index contributed by atoms with van der Waals surface area (Å²) in [6.45, 7) is 9.42. The molecule has 0 saturated carbocycles. The number of unbranched alkanes of at least 4 members (excludes halogenated alkanes) is 2. The number of guanidine groups is 1. The Morgan fingerprint density at radius 1 is 1.00 bits per heavy atom. The SMILES string of the molecule is CN=C(NCCCCCOC)NCCc1ccc(C(C)(C)C)cc1.I. The molecule has 0 bridgehead atoms. The zero-order chi connectivity index (χ0) is 17.8. The van der Waals surface area contributed by atoms with Crippen LogP contribution in [-0.4, -0.2) is 39.8 Å². The summed E-state index contributed by atoms with van der Waals surface area (Å²) < 4.78 is 5.06. The summed E-state index contributed by atoms with van der Waals surface area (Å²) in [6, 6.07) is 8.94. The van der Waals surface area contributed by atoms with Gasteiger partial charge in [-0.1, -0.05) is 45.0 Å². The Morgan fingerprint density at radius 2 is 1.64 bits per heavy atom. The molecule has 0 heterocycles. The van der Waals surface area contributed by atoms with E-state index in [0.717, 1.165) is 44.9 Å². The van der Waals surface area contributed by atoms with Crippen molar-refractivity contribution in [3.05, 3.63) is 35.4 Å². The van der Waals surface area contributed by atoms with Crippen LogP contribution in [0, 0.1) is 0 Å². The van der Waals surface area contributed by atoms with Crippen molar-refractivity contribution in [3.63, 3.8) is 0 Å². The van der Waals surface area contributed by atoms with E-state index in [-0.39, 0.29) is 29.4 Å². The molecule has 0 aliphatic rings. The quantitative estimate of drug-likeness (QED) is 0.252. The first-order chi connectivity index (χ1) is 11.5. The summed E-state index contributed by atoms with van der Waals surface area (Å²) in [7, 11) is 3.57. The number of hydrogen-bond donors (Lipinski definition) is 2. The van der Waals surface area contributed by atoms with E-state index in [1.165, 1.54) is 17.5 Å². The van der Waals surface area contributed by atoms with Crippen LogP contribution in [0.1, 0.15) is 51.2 Å². The van der Waals surface area contributed by atoms with Gasteiger partial charge in [-0.05, 0) is 42.2 Å². The first-order valence-electron chi connectivity index (χ1n) is 9.00. The van der Waals surface area contributed by atoms with Gasteiger partial charge in [0.25, 0.3) is 0 Å². The van der Waals surface area contributed by atoms with E-state index < -0.39 is 0 Å². The number of hydrogen-bond acceptors (Lipinski definition) is 2. The molecule has 2 N–H and O–H groups in total. The Bertz CT molecular complexity index is 481. The Labute approximate surface area is 171 Å². The van der Waals surface area contributed by atoms with Crippen molar-refractivity contribution in [1.82, 2.24) is 10.6 Å². The number of aliphatic imine (C=N–C) groups is 1. The molecule has 0 unspecified atom stereocenters. The molecular weight excluding hydrogens is 425 g/mol.